The Morgan fingerprint density at radius 1 is 0.971 bits per heavy atom. The minimum absolute atomic E-state index is 0.0941. The fraction of sp³-hybridized carbons (Fsp3) is 0.148. The summed E-state index contributed by atoms with van der Waals surface area (Å²) in [6.07, 6.45) is 1.44. The van der Waals surface area contributed by atoms with Crippen LogP contribution >= 0.6 is 15.9 Å². The van der Waals surface area contributed by atoms with E-state index in [1.807, 2.05) is 57.2 Å². The van der Waals surface area contributed by atoms with Crippen LogP contribution in [-0.2, 0) is 9.59 Å². The average molecular weight is 518 g/mol. The van der Waals surface area contributed by atoms with E-state index in [-0.39, 0.29) is 18.1 Å². The van der Waals surface area contributed by atoms with E-state index in [2.05, 4.69) is 26.6 Å². The predicted octanol–water partition coefficient (Wildman–Crippen LogP) is 5.94. The average Bonchev–Trinajstić information content (AvgIpc) is 2.80. The molecule has 2 amide bonds. The number of nitriles is 1. The second-order valence-corrected chi connectivity index (χ2v) is 8.74. The van der Waals surface area contributed by atoms with E-state index >= 15 is 0 Å². The van der Waals surface area contributed by atoms with Crippen molar-refractivity contribution in [2.75, 3.05) is 17.2 Å². The first-order chi connectivity index (χ1) is 16.2. The normalized spacial score (nSPS) is 10.9. The van der Waals surface area contributed by atoms with Crippen molar-refractivity contribution in [1.29, 1.82) is 5.26 Å². The molecule has 34 heavy (non-hydrogen) atoms. The largest absolute Gasteiger partial charge is 0.483 e. The number of anilines is 2. The number of amides is 2. The molecule has 3 aromatic rings. The van der Waals surface area contributed by atoms with Crippen LogP contribution in [0.25, 0.3) is 6.08 Å². The molecule has 3 aromatic carbocycles. The Hall–Kier alpha value is -3.89. The number of halogens is 1. The van der Waals surface area contributed by atoms with Crippen molar-refractivity contribution in [2.24, 2.45) is 0 Å². The summed E-state index contributed by atoms with van der Waals surface area (Å²) < 4.78 is 6.47. The van der Waals surface area contributed by atoms with E-state index in [9.17, 15) is 14.9 Å². The van der Waals surface area contributed by atoms with Crippen LogP contribution in [-0.4, -0.2) is 18.4 Å². The Morgan fingerprint density at radius 2 is 1.68 bits per heavy atom. The highest BCUT2D eigenvalue weighted by atomic mass is 79.9. The zero-order valence-corrected chi connectivity index (χ0v) is 20.7. The molecule has 0 aliphatic rings. The van der Waals surface area contributed by atoms with Gasteiger partial charge in [-0.15, -0.1) is 0 Å². The fourth-order valence-corrected chi connectivity index (χ4v) is 3.48. The van der Waals surface area contributed by atoms with Gasteiger partial charge in [-0.25, -0.2) is 0 Å². The molecule has 0 aliphatic heterocycles. The lowest BCUT2D eigenvalue weighted by atomic mass is 10.1. The van der Waals surface area contributed by atoms with Gasteiger partial charge in [0.05, 0.1) is 0 Å². The third-order valence-electron chi connectivity index (χ3n) is 4.97. The molecule has 0 aliphatic carbocycles. The van der Waals surface area contributed by atoms with Crippen LogP contribution in [0.2, 0.25) is 0 Å². The van der Waals surface area contributed by atoms with Crippen LogP contribution < -0.4 is 15.4 Å². The number of hydrogen-bond acceptors (Lipinski definition) is 4. The predicted molar refractivity (Wildman–Crippen MR) is 138 cm³/mol. The van der Waals surface area contributed by atoms with Crippen molar-refractivity contribution >= 4 is 45.2 Å². The number of aryl methyl sites for hydroxylation is 3. The van der Waals surface area contributed by atoms with Gasteiger partial charge >= 0.3 is 0 Å². The Labute approximate surface area is 207 Å². The molecule has 0 spiro atoms. The number of benzene rings is 3. The molecule has 172 valence electrons. The van der Waals surface area contributed by atoms with Crippen molar-refractivity contribution in [3.63, 3.8) is 0 Å². The third-order valence-corrected chi connectivity index (χ3v) is 5.47. The van der Waals surface area contributed by atoms with Crippen LogP contribution in [0.3, 0.4) is 0 Å². The van der Waals surface area contributed by atoms with Crippen molar-refractivity contribution in [3.8, 4) is 11.8 Å². The Morgan fingerprint density at radius 3 is 2.38 bits per heavy atom. The Balaban J connectivity index is 1.75. The van der Waals surface area contributed by atoms with E-state index in [1.54, 1.807) is 30.3 Å². The molecular weight excluding hydrogens is 494 g/mol. The van der Waals surface area contributed by atoms with Crippen molar-refractivity contribution in [1.82, 2.24) is 0 Å². The second kappa shape index (κ2) is 11.3. The van der Waals surface area contributed by atoms with E-state index in [0.29, 0.717) is 17.0 Å². The SMILES string of the molecule is Cc1ccc(NC(=O)/C(C#N)=C\c2cc(Br)ccc2OCC(=O)Nc2cc(C)ccc2C)cc1. The molecule has 0 aromatic heterocycles. The number of ether oxygens (including phenoxy) is 1. The lowest BCUT2D eigenvalue weighted by Crippen LogP contribution is -2.21. The van der Waals surface area contributed by atoms with Gasteiger partial charge in [-0.05, 0) is 74.4 Å². The summed E-state index contributed by atoms with van der Waals surface area (Å²) >= 11 is 3.40. The molecule has 3 rings (SSSR count). The Kier molecular flexibility index (Phi) is 8.23. The van der Waals surface area contributed by atoms with Crippen molar-refractivity contribution in [2.45, 2.75) is 20.8 Å². The molecule has 0 unspecified atom stereocenters. The van der Waals surface area contributed by atoms with Crippen LogP contribution in [0, 0.1) is 32.1 Å². The number of nitrogens with zero attached hydrogens (tertiary/aromatic N) is 1. The summed E-state index contributed by atoms with van der Waals surface area (Å²) in [4.78, 5) is 25.1. The number of nitrogens with one attached hydrogen (secondary N) is 2. The first-order valence-electron chi connectivity index (χ1n) is 10.5. The number of hydrogen-bond donors (Lipinski definition) is 2. The van der Waals surface area contributed by atoms with Crippen LogP contribution in [0.15, 0.2) is 70.7 Å². The monoisotopic (exact) mass is 517 g/mol. The molecule has 0 saturated heterocycles. The molecule has 0 radical (unpaired) electrons. The molecule has 2 N–H and O–H groups in total. The summed E-state index contributed by atoms with van der Waals surface area (Å²) in [5.74, 6) is -0.482. The third kappa shape index (κ3) is 6.80. The van der Waals surface area contributed by atoms with E-state index in [1.165, 1.54) is 6.08 Å². The smallest absolute Gasteiger partial charge is 0.266 e. The van der Waals surface area contributed by atoms with Gasteiger partial charge in [0.2, 0.25) is 0 Å². The zero-order chi connectivity index (χ0) is 24.7. The van der Waals surface area contributed by atoms with E-state index < -0.39 is 5.91 Å². The number of carbonyl (C=O) groups excluding carboxylic acids is 2. The maximum Gasteiger partial charge on any atom is 0.266 e. The highest BCUT2D eigenvalue weighted by Crippen LogP contribution is 2.26. The van der Waals surface area contributed by atoms with Gasteiger partial charge in [0.1, 0.15) is 17.4 Å². The minimum atomic E-state index is -0.537. The van der Waals surface area contributed by atoms with Crippen molar-refractivity contribution in [3.05, 3.63) is 93.0 Å². The van der Waals surface area contributed by atoms with Gasteiger partial charge in [-0.1, -0.05) is 45.8 Å². The number of carbonyl (C=O) groups is 2. The van der Waals surface area contributed by atoms with Crippen LogP contribution in [0.5, 0.6) is 5.75 Å². The Bertz CT molecular complexity index is 1290. The fourth-order valence-electron chi connectivity index (χ4n) is 3.10. The first kappa shape index (κ1) is 24.7. The lowest BCUT2D eigenvalue weighted by Gasteiger charge is -2.12. The van der Waals surface area contributed by atoms with Gasteiger partial charge in [0, 0.05) is 21.4 Å². The standard InChI is InChI=1S/C27H24BrN3O3/c1-17-5-9-23(10-6-17)30-27(33)21(15-29)13-20-14-22(28)8-11-25(20)34-16-26(32)31-24-12-18(2)4-7-19(24)3/h4-14H,16H2,1-3H3,(H,30,33)(H,31,32)/b21-13-. The van der Waals surface area contributed by atoms with Gasteiger partial charge < -0.3 is 15.4 Å². The first-order valence-corrected chi connectivity index (χ1v) is 11.3. The molecule has 0 heterocycles. The molecule has 0 saturated carbocycles. The highest BCUT2D eigenvalue weighted by Gasteiger charge is 2.13. The van der Waals surface area contributed by atoms with Crippen LogP contribution in [0.4, 0.5) is 11.4 Å². The highest BCUT2D eigenvalue weighted by molar-refractivity contribution is 9.10. The summed E-state index contributed by atoms with van der Waals surface area (Å²) in [5, 5.41) is 15.1. The van der Waals surface area contributed by atoms with Crippen LogP contribution in [0.1, 0.15) is 22.3 Å². The molecule has 0 atom stereocenters. The summed E-state index contributed by atoms with van der Waals surface area (Å²) in [6.45, 7) is 5.59. The maximum atomic E-state index is 12.6. The van der Waals surface area contributed by atoms with E-state index in [4.69, 9.17) is 4.74 Å². The quantitative estimate of drug-likeness (QED) is 0.299. The van der Waals surface area contributed by atoms with Gasteiger partial charge in [0.15, 0.2) is 6.61 Å². The maximum absolute atomic E-state index is 12.6. The zero-order valence-electron chi connectivity index (χ0n) is 19.1. The van der Waals surface area contributed by atoms with E-state index in [0.717, 1.165) is 26.9 Å². The van der Waals surface area contributed by atoms with Gasteiger partial charge in [0.25, 0.3) is 11.8 Å². The molecular formula is C27H24BrN3O3. The summed E-state index contributed by atoms with van der Waals surface area (Å²) in [6, 6.07) is 20.2. The molecule has 7 heteroatoms. The molecule has 0 bridgehead atoms. The van der Waals surface area contributed by atoms with Gasteiger partial charge in [-0.2, -0.15) is 5.26 Å². The number of rotatable bonds is 7. The topological polar surface area (TPSA) is 91.2 Å². The summed E-state index contributed by atoms with van der Waals surface area (Å²) in [5.41, 5.74) is 4.76. The van der Waals surface area contributed by atoms with Crippen molar-refractivity contribution < 1.29 is 14.3 Å². The summed E-state index contributed by atoms with van der Waals surface area (Å²) in [7, 11) is 0. The lowest BCUT2D eigenvalue weighted by molar-refractivity contribution is -0.118. The molecule has 6 nitrogen and oxygen atoms in total. The van der Waals surface area contributed by atoms with Gasteiger partial charge in [-0.3, -0.25) is 9.59 Å². The minimum Gasteiger partial charge on any atom is -0.483 e. The second-order valence-electron chi connectivity index (χ2n) is 7.83. The molecule has 0 fully saturated rings.